The molecule has 17 heavy (non-hydrogen) atoms. The Hall–Kier alpha value is -1.98. The molecule has 0 saturated carbocycles. The van der Waals surface area contributed by atoms with Crippen LogP contribution >= 0.6 is 0 Å². The predicted molar refractivity (Wildman–Crippen MR) is 65.4 cm³/mol. The summed E-state index contributed by atoms with van der Waals surface area (Å²) in [5.74, 6) is -0.0371. The molecule has 2 rings (SSSR count). The Balaban J connectivity index is 0.000000686. The Kier molecular flexibility index (Phi) is 5.06. The van der Waals surface area contributed by atoms with Crippen LogP contribution in [0.2, 0.25) is 0 Å². The van der Waals surface area contributed by atoms with E-state index in [2.05, 4.69) is 25.3 Å². The summed E-state index contributed by atoms with van der Waals surface area (Å²) < 4.78 is 0. The third-order valence-corrected chi connectivity index (χ3v) is 2.04. The van der Waals surface area contributed by atoms with Gasteiger partial charge in [-0.1, -0.05) is 13.8 Å². The Bertz CT molecular complexity index is 479. The number of rotatable bonds is 3. The molecule has 0 radical (unpaired) electrons. The van der Waals surface area contributed by atoms with Crippen molar-refractivity contribution in [1.82, 2.24) is 25.3 Å². The number of hydrogen-bond acceptors (Lipinski definition) is 4. The fourth-order valence-corrected chi connectivity index (χ4v) is 1.36. The van der Waals surface area contributed by atoms with Crippen LogP contribution in [0.5, 0.6) is 0 Å². The highest BCUT2D eigenvalue weighted by Gasteiger charge is 2.05. The van der Waals surface area contributed by atoms with Crippen LogP contribution in [0.3, 0.4) is 0 Å². The van der Waals surface area contributed by atoms with Gasteiger partial charge >= 0.3 is 0 Å². The van der Waals surface area contributed by atoms with Crippen LogP contribution in [-0.2, 0) is 11.2 Å². The van der Waals surface area contributed by atoms with E-state index in [4.69, 9.17) is 0 Å². The van der Waals surface area contributed by atoms with Gasteiger partial charge in [0, 0.05) is 19.9 Å². The lowest BCUT2D eigenvalue weighted by Crippen LogP contribution is -2.22. The topological polar surface area (TPSA) is 83.6 Å². The van der Waals surface area contributed by atoms with Gasteiger partial charge in [-0.25, -0.2) is 15.0 Å². The van der Waals surface area contributed by atoms with Crippen LogP contribution in [-0.4, -0.2) is 32.4 Å². The van der Waals surface area contributed by atoms with E-state index < -0.39 is 0 Å². The number of H-pyrrole nitrogens is 1. The van der Waals surface area contributed by atoms with Gasteiger partial charge in [0.1, 0.15) is 11.8 Å². The minimum absolute atomic E-state index is 0.0371. The summed E-state index contributed by atoms with van der Waals surface area (Å²) >= 11 is 0. The van der Waals surface area contributed by atoms with Gasteiger partial charge in [-0.2, -0.15) is 0 Å². The molecule has 0 aromatic carbocycles. The maximum absolute atomic E-state index is 10.7. The normalized spacial score (nSPS) is 9.59. The van der Waals surface area contributed by atoms with E-state index >= 15 is 0 Å². The number of imidazole rings is 1. The van der Waals surface area contributed by atoms with Gasteiger partial charge in [0.25, 0.3) is 0 Å². The number of hydrogen-bond donors (Lipinski definition) is 2. The molecule has 0 aliphatic carbocycles. The van der Waals surface area contributed by atoms with Gasteiger partial charge in [0.15, 0.2) is 5.65 Å². The molecule has 92 valence electrons. The second-order valence-electron chi connectivity index (χ2n) is 3.15. The molecule has 0 aliphatic heterocycles. The zero-order valence-electron chi connectivity index (χ0n) is 10.3. The molecule has 6 heteroatoms. The minimum Gasteiger partial charge on any atom is -0.356 e. The van der Waals surface area contributed by atoms with Crippen molar-refractivity contribution in [1.29, 1.82) is 0 Å². The van der Waals surface area contributed by atoms with E-state index in [0.29, 0.717) is 18.6 Å². The lowest BCUT2D eigenvalue weighted by atomic mass is 10.2. The van der Waals surface area contributed by atoms with Crippen molar-refractivity contribution in [2.45, 2.75) is 27.2 Å². The molecule has 2 aromatic heterocycles. The Morgan fingerprint density at radius 2 is 2.12 bits per heavy atom. The Labute approximate surface area is 99.9 Å². The summed E-state index contributed by atoms with van der Waals surface area (Å²) in [6.07, 6.45) is 3.73. The summed E-state index contributed by atoms with van der Waals surface area (Å²) in [5.41, 5.74) is 2.36. The molecule has 0 atom stereocenters. The number of nitrogens with one attached hydrogen (secondary N) is 2. The number of nitrogens with zero attached hydrogens (tertiary/aromatic N) is 3. The van der Waals surface area contributed by atoms with E-state index in [0.717, 1.165) is 11.2 Å². The van der Waals surface area contributed by atoms with E-state index in [1.165, 1.54) is 13.3 Å². The first-order valence-corrected chi connectivity index (χ1v) is 5.65. The molecule has 2 aromatic rings. The largest absolute Gasteiger partial charge is 0.356 e. The molecule has 2 heterocycles. The van der Waals surface area contributed by atoms with Crippen LogP contribution in [0.1, 0.15) is 26.5 Å². The minimum atomic E-state index is -0.0371. The summed E-state index contributed by atoms with van der Waals surface area (Å²) in [5, 5.41) is 2.72. The molecular weight excluding hydrogens is 218 g/mol. The number of aromatic nitrogens is 4. The SMILES string of the molecule is CC.CC(=O)NCCc1ncnc2nc[nH]c12. The molecule has 1 amide bonds. The van der Waals surface area contributed by atoms with Crippen molar-refractivity contribution < 1.29 is 4.79 Å². The van der Waals surface area contributed by atoms with Crippen LogP contribution < -0.4 is 5.32 Å². The molecule has 0 saturated heterocycles. The lowest BCUT2D eigenvalue weighted by molar-refractivity contribution is -0.118. The number of carbonyl (C=O) groups excluding carboxylic acids is 1. The predicted octanol–water partition coefficient (Wildman–Crippen LogP) is 1.06. The lowest BCUT2D eigenvalue weighted by Gasteiger charge is -2.01. The van der Waals surface area contributed by atoms with Gasteiger partial charge < -0.3 is 10.3 Å². The fraction of sp³-hybridized carbons (Fsp3) is 0.455. The number of aromatic amines is 1. The maximum atomic E-state index is 10.7. The standard InChI is InChI=1S/C9H11N5O.C2H6/c1-6(15)10-3-2-7-8-9(13-4-11-7)14-5-12-8;1-2/h4-5H,2-3H2,1H3,(H,10,15)(H,11,12,13,14);1-2H3. The molecule has 0 aliphatic rings. The zero-order chi connectivity index (χ0) is 12.7. The van der Waals surface area contributed by atoms with Crippen LogP contribution in [0.4, 0.5) is 0 Å². The van der Waals surface area contributed by atoms with Crippen molar-refractivity contribution in [2.75, 3.05) is 6.54 Å². The van der Waals surface area contributed by atoms with E-state index in [9.17, 15) is 4.79 Å². The van der Waals surface area contributed by atoms with Crippen LogP contribution in [0, 0.1) is 0 Å². The summed E-state index contributed by atoms with van der Waals surface area (Å²) in [4.78, 5) is 25.8. The highest BCUT2D eigenvalue weighted by atomic mass is 16.1. The van der Waals surface area contributed by atoms with E-state index in [1.54, 1.807) is 6.33 Å². The van der Waals surface area contributed by atoms with E-state index in [1.807, 2.05) is 13.8 Å². The molecule has 2 N–H and O–H groups in total. The highest BCUT2D eigenvalue weighted by Crippen LogP contribution is 2.08. The quantitative estimate of drug-likeness (QED) is 0.833. The first-order valence-electron chi connectivity index (χ1n) is 5.65. The van der Waals surface area contributed by atoms with Gasteiger partial charge in [-0.15, -0.1) is 0 Å². The first kappa shape index (κ1) is 13.1. The van der Waals surface area contributed by atoms with Crippen molar-refractivity contribution in [3.8, 4) is 0 Å². The number of amides is 1. The molecule has 0 bridgehead atoms. The number of fused-ring (bicyclic) bond motifs is 1. The maximum Gasteiger partial charge on any atom is 0.216 e. The number of carbonyl (C=O) groups is 1. The van der Waals surface area contributed by atoms with Gasteiger partial charge in [0.05, 0.1) is 12.0 Å². The summed E-state index contributed by atoms with van der Waals surface area (Å²) in [6, 6.07) is 0. The zero-order valence-corrected chi connectivity index (χ0v) is 10.3. The Morgan fingerprint density at radius 1 is 1.35 bits per heavy atom. The second kappa shape index (κ2) is 6.57. The van der Waals surface area contributed by atoms with Crippen molar-refractivity contribution in [2.24, 2.45) is 0 Å². The monoisotopic (exact) mass is 235 g/mol. The average Bonchev–Trinajstić information content (AvgIpc) is 2.80. The van der Waals surface area contributed by atoms with Crippen molar-refractivity contribution >= 4 is 17.1 Å². The third kappa shape index (κ3) is 3.51. The molecule has 0 spiro atoms. The van der Waals surface area contributed by atoms with Gasteiger partial charge in [-0.3, -0.25) is 4.79 Å². The van der Waals surface area contributed by atoms with Crippen molar-refractivity contribution in [3.05, 3.63) is 18.3 Å². The summed E-state index contributed by atoms with van der Waals surface area (Å²) in [6.45, 7) is 6.06. The van der Waals surface area contributed by atoms with E-state index in [-0.39, 0.29) is 5.91 Å². The van der Waals surface area contributed by atoms with Gasteiger partial charge in [-0.05, 0) is 0 Å². The van der Waals surface area contributed by atoms with Crippen LogP contribution in [0.15, 0.2) is 12.7 Å². The highest BCUT2D eigenvalue weighted by molar-refractivity contribution is 5.73. The molecule has 0 fully saturated rings. The average molecular weight is 235 g/mol. The second-order valence-corrected chi connectivity index (χ2v) is 3.15. The summed E-state index contributed by atoms with van der Waals surface area (Å²) in [7, 11) is 0. The molecule has 0 unspecified atom stereocenters. The van der Waals surface area contributed by atoms with Crippen LogP contribution in [0.25, 0.3) is 11.2 Å². The third-order valence-electron chi connectivity index (χ3n) is 2.04. The fourth-order valence-electron chi connectivity index (χ4n) is 1.36. The molecule has 6 nitrogen and oxygen atoms in total. The first-order chi connectivity index (χ1) is 8.27. The molecular formula is C11H17N5O. The van der Waals surface area contributed by atoms with Crippen molar-refractivity contribution in [3.63, 3.8) is 0 Å². The smallest absolute Gasteiger partial charge is 0.216 e. The van der Waals surface area contributed by atoms with Gasteiger partial charge in [0.2, 0.25) is 5.91 Å². The Morgan fingerprint density at radius 3 is 2.82 bits per heavy atom.